The summed E-state index contributed by atoms with van der Waals surface area (Å²) in [4.78, 5) is 18.4. The lowest BCUT2D eigenvalue weighted by Gasteiger charge is -2.23. The molecule has 0 aliphatic carbocycles. The fourth-order valence-corrected chi connectivity index (χ4v) is 3.10. The Morgan fingerprint density at radius 3 is 2.95 bits per heavy atom. The summed E-state index contributed by atoms with van der Waals surface area (Å²) < 4.78 is 0. The van der Waals surface area contributed by atoms with Crippen LogP contribution in [-0.4, -0.2) is 35.4 Å². The van der Waals surface area contributed by atoms with Crippen LogP contribution in [0.4, 0.5) is 0 Å². The molecule has 1 aliphatic rings. The first kappa shape index (κ1) is 14.7. The molecule has 1 aromatic heterocycles. The molecule has 1 saturated heterocycles. The molecule has 2 aromatic rings. The topological polar surface area (TPSA) is 45.2 Å². The number of hydrogen-bond donors (Lipinski definition) is 1. The molecule has 1 amide bonds. The Labute approximate surface area is 131 Å². The van der Waals surface area contributed by atoms with Crippen LogP contribution in [0.25, 0.3) is 11.1 Å². The summed E-state index contributed by atoms with van der Waals surface area (Å²) in [5.74, 6) is 0.126. The summed E-state index contributed by atoms with van der Waals surface area (Å²) in [7, 11) is 1.71. The number of rotatable bonds is 4. The monoisotopic (exact) mass is 295 g/mol. The standard InChI is InChI=1S/C18H21N3O/c1-19-18(22)17-8-4-10-21(17)13-14-5-2-6-15(11-14)16-7-3-9-20-12-16/h2-3,5-7,9,11-12,17H,4,8,10,13H2,1H3,(H,19,22)/t17-/m0/s1. The van der Waals surface area contributed by atoms with Crippen molar-refractivity contribution in [3.63, 3.8) is 0 Å². The largest absolute Gasteiger partial charge is 0.358 e. The van der Waals surface area contributed by atoms with Crippen LogP contribution in [0.15, 0.2) is 48.8 Å². The zero-order chi connectivity index (χ0) is 15.4. The third kappa shape index (κ3) is 3.17. The summed E-state index contributed by atoms with van der Waals surface area (Å²) in [5, 5.41) is 2.77. The minimum atomic E-state index is 0.00653. The van der Waals surface area contributed by atoms with Crippen molar-refractivity contribution < 1.29 is 4.79 Å². The average molecular weight is 295 g/mol. The van der Waals surface area contributed by atoms with E-state index in [1.165, 1.54) is 11.1 Å². The van der Waals surface area contributed by atoms with Crippen LogP contribution in [0.3, 0.4) is 0 Å². The van der Waals surface area contributed by atoms with E-state index < -0.39 is 0 Å². The highest BCUT2D eigenvalue weighted by Crippen LogP contribution is 2.23. The second-order valence-corrected chi connectivity index (χ2v) is 5.68. The smallest absolute Gasteiger partial charge is 0.237 e. The Morgan fingerprint density at radius 1 is 1.32 bits per heavy atom. The van der Waals surface area contributed by atoms with Gasteiger partial charge in [0.2, 0.25) is 5.91 Å². The molecule has 114 valence electrons. The fraction of sp³-hybridized carbons (Fsp3) is 0.333. The molecule has 22 heavy (non-hydrogen) atoms. The van der Waals surface area contributed by atoms with E-state index in [1.807, 2.05) is 12.3 Å². The van der Waals surface area contributed by atoms with Crippen molar-refractivity contribution in [3.05, 3.63) is 54.4 Å². The lowest BCUT2D eigenvalue weighted by molar-refractivity contribution is -0.125. The molecule has 0 radical (unpaired) electrons. The average Bonchev–Trinajstić information content (AvgIpc) is 3.03. The summed E-state index contributed by atoms with van der Waals surface area (Å²) in [6.07, 6.45) is 5.69. The molecule has 3 rings (SSSR count). The molecular weight excluding hydrogens is 274 g/mol. The van der Waals surface area contributed by atoms with Gasteiger partial charge in [-0.15, -0.1) is 0 Å². The number of amides is 1. The molecule has 2 heterocycles. The van der Waals surface area contributed by atoms with Crippen LogP contribution in [0.1, 0.15) is 18.4 Å². The molecule has 1 aliphatic heterocycles. The van der Waals surface area contributed by atoms with E-state index in [-0.39, 0.29) is 11.9 Å². The van der Waals surface area contributed by atoms with Gasteiger partial charge in [0, 0.05) is 26.0 Å². The maximum absolute atomic E-state index is 11.9. The van der Waals surface area contributed by atoms with E-state index in [2.05, 4.69) is 45.5 Å². The maximum Gasteiger partial charge on any atom is 0.237 e. The van der Waals surface area contributed by atoms with Gasteiger partial charge in [-0.05, 0) is 48.2 Å². The third-order valence-electron chi connectivity index (χ3n) is 4.22. The van der Waals surface area contributed by atoms with E-state index in [1.54, 1.807) is 13.2 Å². The Balaban J connectivity index is 1.77. The van der Waals surface area contributed by atoms with Gasteiger partial charge in [0.25, 0.3) is 0 Å². The molecule has 4 heteroatoms. The van der Waals surface area contributed by atoms with E-state index in [0.29, 0.717) is 0 Å². The van der Waals surface area contributed by atoms with Gasteiger partial charge in [0.05, 0.1) is 6.04 Å². The Bertz CT molecular complexity index is 642. The van der Waals surface area contributed by atoms with E-state index in [4.69, 9.17) is 0 Å². The summed E-state index contributed by atoms with van der Waals surface area (Å²) in [6, 6.07) is 12.5. The van der Waals surface area contributed by atoms with Crippen LogP contribution in [0.2, 0.25) is 0 Å². The second-order valence-electron chi connectivity index (χ2n) is 5.68. The van der Waals surface area contributed by atoms with Gasteiger partial charge in [0.1, 0.15) is 0 Å². The summed E-state index contributed by atoms with van der Waals surface area (Å²) in [5.41, 5.74) is 3.52. The lowest BCUT2D eigenvalue weighted by atomic mass is 10.0. The lowest BCUT2D eigenvalue weighted by Crippen LogP contribution is -2.41. The highest BCUT2D eigenvalue weighted by Gasteiger charge is 2.29. The van der Waals surface area contributed by atoms with Crippen molar-refractivity contribution in [1.29, 1.82) is 0 Å². The molecule has 1 fully saturated rings. The Morgan fingerprint density at radius 2 is 2.18 bits per heavy atom. The number of nitrogens with one attached hydrogen (secondary N) is 1. The number of likely N-dealkylation sites (tertiary alicyclic amines) is 1. The SMILES string of the molecule is CNC(=O)[C@@H]1CCCN1Cc1cccc(-c2cccnc2)c1. The fourth-order valence-electron chi connectivity index (χ4n) is 3.10. The Hall–Kier alpha value is -2.20. The van der Waals surface area contributed by atoms with Crippen LogP contribution in [0.5, 0.6) is 0 Å². The minimum Gasteiger partial charge on any atom is -0.358 e. The van der Waals surface area contributed by atoms with E-state index >= 15 is 0 Å². The molecule has 0 unspecified atom stereocenters. The van der Waals surface area contributed by atoms with Gasteiger partial charge in [-0.3, -0.25) is 14.7 Å². The van der Waals surface area contributed by atoms with Crippen LogP contribution in [0, 0.1) is 0 Å². The molecule has 4 nitrogen and oxygen atoms in total. The number of hydrogen-bond acceptors (Lipinski definition) is 3. The highest BCUT2D eigenvalue weighted by molar-refractivity contribution is 5.81. The zero-order valence-electron chi connectivity index (χ0n) is 12.8. The number of pyridine rings is 1. The van der Waals surface area contributed by atoms with Crippen molar-refractivity contribution in [2.24, 2.45) is 0 Å². The van der Waals surface area contributed by atoms with Gasteiger partial charge < -0.3 is 5.32 Å². The molecule has 0 bridgehead atoms. The van der Waals surface area contributed by atoms with Gasteiger partial charge in [-0.1, -0.05) is 24.3 Å². The van der Waals surface area contributed by atoms with Gasteiger partial charge in [-0.2, -0.15) is 0 Å². The number of nitrogens with zero attached hydrogens (tertiary/aromatic N) is 2. The van der Waals surface area contributed by atoms with Crippen LogP contribution in [-0.2, 0) is 11.3 Å². The highest BCUT2D eigenvalue weighted by atomic mass is 16.2. The Kier molecular flexibility index (Phi) is 4.49. The van der Waals surface area contributed by atoms with Crippen molar-refractivity contribution in [2.75, 3.05) is 13.6 Å². The molecule has 1 N–H and O–H groups in total. The van der Waals surface area contributed by atoms with E-state index in [0.717, 1.165) is 31.5 Å². The molecule has 0 spiro atoms. The van der Waals surface area contributed by atoms with Gasteiger partial charge >= 0.3 is 0 Å². The minimum absolute atomic E-state index is 0.00653. The van der Waals surface area contributed by atoms with Crippen molar-refractivity contribution in [1.82, 2.24) is 15.2 Å². The first-order valence-corrected chi connectivity index (χ1v) is 7.73. The number of carbonyl (C=O) groups excluding carboxylic acids is 1. The van der Waals surface area contributed by atoms with Crippen molar-refractivity contribution in [3.8, 4) is 11.1 Å². The number of carbonyl (C=O) groups is 1. The predicted octanol–water partition coefficient (Wildman–Crippen LogP) is 2.46. The van der Waals surface area contributed by atoms with Gasteiger partial charge in [-0.25, -0.2) is 0 Å². The van der Waals surface area contributed by atoms with Crippen molar-refractivity contribution >= 4 is 5.91 Å². The van der Waals surface area contributed by atoms with Crippen molar-refractivity contribution in [2.45, 2.75) is 25.4 Å². The van der Waals surface area contributed by atoms with Crippen LogP contribution < -0.4 is 5.32 Å². The molecular formula is C18H21N3O. The zero-order valence-corrected chi connectivity index (χ0v) is 12.8. The third-order valence-corrected chi connectivity index (χ3v) is 4.22. The number of aromatic nitrogens is 1. The summed E-state index contributed by atoms with van der Waals surface area (Å²) in [6.45, 7) is 1.79. The first-order valence-electron chi connectivity index (χ1n) is 7.73. The first-order chi connectivity index (χ1) is 10.8. The van der Waals surface area contributed by atoms with Gasteiger partial charge in [0.15, 0.2) is 0 Å². The van der Waals surface area contributed by atoms with E-state index in [9.17, 15) is 4.79 Å². The quantitative estimate of drug-likeness (QED) is 0.942. The normalized spacial score (nSPS) is 18.3. The summed E-state index contributed by atoms with van der Waals surface area (Å²) >= 11 is 0. The molecule has 1 aromatic carbocycles. The predicted molar refractivity (Wildman–Crippen MR) is 87.2 cm³/mol. The maximum atomic E-state index is 11.9. The molecule has 1 atom stereocenters. The second kappa shape index (κ2) is 6.71. The molecule has 0 saturated carbocycles. The number of benzene rings is 1. The van der Waals surface area contributed by atoms with Crippen LogP contribution >= 0.6 is 0 Å². The number of likely N-dealkylation sites (N-methyl/N-ethyl adjacent to an activating group) is 1.